The van der Waals surface area contributed by atoms with Gasteiger partial charge in [-0.2, -0.15) is 0 Å². The summed E-state index contributed by atoms with van der Waals surface area (Å²) < 4.78 is 10.1. The van der Waals surface area contributed by atoms with Gasteiger partial charge in [0.25, 0.3) is 5.91 Å². The fourth-order valence-electron chi connectivity index (χ4n) is 4.63. The molecule has 18 nitrogen and oxygen atoms in total. The predicted molar refractivity (Wildman–Crippen MR) is 196 cm³/mol. The minimum Gasteiger partial charge on any atom is -0.478 e. The summed E-state index contributed by atoms with van der Waals surface area (Å²) in [5, 5.41) is 24.6. The van der Waals surface area contributed by atoms with Crippen molar-refractivity contribution in [2.75, 3.05) is 45.9 Å². The third kappa shape index (κ3) is 18.8. The van der Waals surface area contributed by atoms with Gasteiger partial charge >= 0.3 is 11.9 Å². The number of ether oxygens (including phenoxy) is 2. The predicted octanol–water partition coefficient (Wildman–Crippen LogP) is -1.34. The van der Waals surface area contributed by atoms with Crippen LogP contribution in [0.2, 0.25) is 0 Å². The fraction of sp³-hybridized carbons (Fsp3) is 0.405. The van der Waals surface area contributed by atoms with Crippen LogP contribution in [0.1, 0.15) is 54.1 Å². The molecule has 296 valence electrons. The Balaban J connectivity index is 1.63. The maximum atomic E-state index is 12.8. The Morgan fingerprint density at radius 1 is 0.709 bits per heavy atom. The molecule has 0 aliphatic heterocycles. The van der Waals surface area contributed by atoms with Crippen molar-refractivity contribution in [3.63, 3.8) is 0 Å². The van der Waals surface area contributed by atoms with Crippen LogP contribution >= 0.6 is 0 Å². The number of rotatable bonds is 25. The van der Waals surface area contributed by atoms with E-state index in [2.05, 4.69) is 37.8 Å². The smallest absolute Gasteiger partial charge is 0.347 e. The Morgan fingerprint density at radius 3 is 1.87 bits per heavy atom. The van der Waals surface area contributed by atoms with E-state index in [0.29, 0.717) is 50.8 Å². The number of aliphatic carboxylic acids is 1. The first-order chi connectivity index (χ1) is 26.4. The van der Waals surface area contributed by atoms with Crippen molar-refractivity contribution in [2.45, 2.75) is 50.3 Å². The van der Waals surface area contributed by atoms with E-state index in [-0.39, 0.29) is 18.0 Å². The number of terminal acetylenes is 1. The Kier molecular flexibility index (Phi) is 20.9. The molecule has 0 aromatic heterocycles. The van der Waals surface area contributed by atoms with Crippen LogP contribution in [-0.2, 0) is 43.0 Å². The van der Waals surface area contributed by atoms with Crippen molar-refractivity contribution >= 4 is 47.4 Å². The molecule has 18 heteroatoms. The lowest BCUT2D eigenvalue weighted by atomic mass is 10.0. The van der Waals surface area contributed by atoms with Gasteiger partial charge in [-0.15, -0.1) is 12.3 Å². The Hall–Kier alpha value is -6.32. The highest BCUT2D eigenvalue weighted by Gasteiger charge is 2.34. The van der Waals surface area contributed by atoms with E-state index < -0.39 is 86.0 Å². The molecule has 0 fully saturated rings. The summed E-state index contributed by atoms with van der Waals surface area (Å²) in [4.78, 5) is 97.5. The Bertz CT molecular complexity index is 1630. The molecule has 3 atom stereocenters. The summed E-state index contributed by atoms with van der Waals surface area (Å²) in [6.45, 7) is -2.13. The molecule has 0 radical (unpaired) electrons. The average Bonchev–Trinajstić information content (AvgIpc) is 3.18. The highest BCUT2D eigenvalue weighted by molar-refractivity contribution is 5.95. The largest absolute Gasteiger partial charge is 0.478 e. The van der Waals surface area contributed by atoms with Crippen LogP contribution in [0.25, 0.3) is 0 Å². The van der Waals surface area contributed by atoms with Gasteiger partial charge in [0, 0.05) is 25.1 Å². The average molecular weight is 766 g/mol. The zero-order valence-corrected chi connectivity index (χ0v) is 30.2. The number of unbranched alkanes of at least 4 members (excludes halogenated alkanes) is 2. The van der Waals surface area contributed by atoms with Gasteiger partial charge in [0.05, 0.1) is 25.7 Å². The number of carboxylic acids is 1. The molecule has 6 amide bonds. The van der Waals surface area contributed by atoms with Crippen LogP contribution in [0.5, 0.6) is 0 Å². The molecule has 0 saturated heterocycles. The lowest BCUT2D eigenvalue weighted by Gasteiger charge is -2.25. The molecule has 55 heavy (non-hydrogen) atoms. The van der Waals surface area contributed by atoms with Gasteiger partial charge in [0.2, 0.25) is 35.6 Å². The Morgan fingerprint density at radius 2 is 1.27 bits per heavy atom. The number of amides is 6. The van der Waals surface area contributed by atoms with Crippen LogP contribution in [-0.4, -0.2) is 111 Å². The number of carbonyl (C=O) groups is 8. The second kappa shape index (κ2) is 25.6. The van der Waals surface area contributed by atoms with Crippen LogP contribution in [0.3, 0.4) is 0 Å². The quantitative estimate of drug-likeness (QED) is 0.0332. The fourth-order valence-corrected chi connectivity index (χ4v) is 4.63. The molecule has 1 unspecified atom stereocenters. The molecular weight excluding hydrogens is 718 g/mol. The van der Waals surface area contributed by atoms with Gasteiger partial charge in [0.15, 0.2) is 0 Å². The van der Waals surface area contributed by atoms with Gasteiger partial charge in [-0.05, 0) is 43.4 Å². The normalized spacial score (nSPS) is 12.0. The highest BCUT2D eigenvalue weighted by atomic mass is 16.6. The van der Waals surface area contributed by atoms with E-state index in [1.807, 2.05) is 0 Å². The summed E-state index contributed by atoms with van der Waals surface area (Å²) >= 11 is 0. The van der Waals surface area contributed by atoms with E-state index in [1.54, 1.807) is 48.5 Å². The second-order valence-electron chi connectivity index (χ2n) is 11.9. The first-order valence-electron chi connectivity index (χ1n) is 17.4. The Labute approximate surface area is 318 Å². The molecule has 0 spiro atoms. The molecule has 9 N–H and O–H groups in total. The minimum absolute atomic E-state index is 0.254. The van der Waals surface area contributed by atoms with E-state index >= 15 is 0 Å². The van der Waals surface area contributed by atoms with Crippen molar-refractivity contribution in [1.29, 1.82) is 0 Å². The summed E-state index contributed by atoms with van der Waals surface area (Å²) in [6.07, 6.45) is 6.12. The number of esters is 1. The molecule has 2 rings (SSSR count). The summed E-state index contributed by atoms with van der Waals surface area (Å²) in [5.41, 5.74) is 6.46. The zero-order valence-electron chi connectivity index (χ0n) is 30.2. The molecular formula is C37H47N7O11. The maximum absolute atomic E-state index is 12.8. The van der Waals surface area contributed by atoms with Crippen molar-refractivity contribution < 1.29 is 52.9 Å². The van der Waals surface area contributed by atoms with E-state index in [4.69, 9.17) is 21.6 Å². The van der Waals surface area contributed by atoms with Crippen molar-refractivity contribution in [3.05, 3.63) is 71.8 Å². The number of benzene rings is 2. The first kappa shape index (κ1) is 44.8. The topological polar surface area (TPSA) is 273 Å². The minimum atomic E-state index is -1.85. The molecule has 0 aliphatic rings. The van der Waals surface area contributed by atoms with Crippen LogP contribution in [0.4, 0.5) is 0 Å². The van der Waals surface area contributed by atoms with E-state index in [1.165, 1.54) is 12.1 Å². The number of hydrogen-bond acceptors (Lipinski definition) is 11. The third-order valence-electron chi connectivity index (χ3n) is 7.48. The number of nitrogens with two attached hydrogens (primary N) is 1. The SMILES string of the molecule is C#CCCCNC(=O)[C@@H](N)CCCCNC(=O)CNC(=O)CNC(=O)CNC(=O)COCC(=O)O[C@@H](C(=O)O)C(NC(=O)c1ccccc1)c1ccccc1. The molecule has 2 aromatic rings. The van der Waals surface area contributed by atoms with Gasteiger partial charge in [-0.25, -0.2) is 9.59 Å². The summed E-state index contributed by atoms with van der Waals surface area (Å²) in [5.74, 6) is -3.73. The highest BCUT2D eigenvalue weighted by Crippen LogP contribution is 2.21. The van der Waals surface area contributed by atoms with Gasteiger partial charge in [-0.3, -0.25) is 28.8 Å². The van der Waals surface area contributed by atoms with Gasteiger partial charge < -0.3 is 52.2 Å². The lowest BCUT2D eigenvalue weighted by Crippen LogP contribution is -2.45. The van der Waals surface area contributed by atoms with Crippen LogP contribution < -0.4 is 37.6 Å². The van der Waals surface area contributed by atoms with Gasteiger partial charge in [-0.1, -0.05) is 48.5 Å². The van der Waals surface area contributed by atoms with E-state index in [0.717, 1.165) is 0 Å². The van der Waals surface area contributed by atoms with Crippen molar-refractivity contribution in [3.8, 4) is 12.3 Å². The van der Waals surface area contributed by atoms with E-state index in [9.17, 15) is 43.5 Å². The first-order valence-corrected chi connectivity index (χ1v) is 17.4. The number of carboxylic acid groups (broad SMARTS) is 1. The monoisotopic (exact) mass is 765 g/mol. The van der Waals surface area contributed by atoms with Crippen LogP contribution in [0.15, 0.2) is 60.7 Å². The summed E-state index contributed by atoms with van der Waals surface area (Å²) in [7, 11) is 0. The molecule has 0 heterocycles. The summed E-state index contributed by atoms with van der Waals surface area (Å²) in [6, 6.07) is 14.1. The molecule has 0 saturated carbocycles. The molecule has 0 bridgehead atoms. The lowest BCUT2D eigenvalue weighted by molar-refractivity contribution is -0.169. The van der Waals surface area contributed by atoms with Crippen LogP contribution in [0, 0.1) is 12.3 Å². The second-order valence-corrected chi connectivity index (χ2v) is 11.9. The molecule has 2 aromatic carbocycles. The van der Waals surface area contributed by atoms with Gasteiger partial charge in [0.1, 0.15) is 19.3 Å². The maximum Gasteiger partial charge on any atom is 0.347 e. The van der Waals surface area contributed by atoms with Crippen molar-refractivity contribution in [1.82, 2.24) is 31.9 Å². The number of carbonyl (C=O) groups excluding carboxylic acids is 7. The van der Waals surface area contributed by atoms with Crippen molar-refractivity contribution in [2.24, 2.45) is 5.73 Å². The zero-order chi connectivity index (χ0) is 40.4. The molecule has 0 aliphatic carbocycles. The third-order valence-corrected chi connectivity index (χ3v) is 7.48. The number of nitrogens with one attached hydrogen (secondary N) is 6. The number of hydrogen-bond donors (Lipinski definition) is 8. The standard InChI is InChI=1S/C37H47N7O11/c1-2-3-11-19-40-36(51)27(38)17-10-12-18-39-28(45)20-41-29(46)21-42-30(47)22-43-31(48)23-54-24-32(49)55-34(37(52)53)33(25-13-6-4-7-14-25)44-35(50)26-15-8-5-9-16-26/h1,4-9,13-16,27,33-34H,3,10-12,17-24,38H2,(H,39,45)(H,40,51)(H,41,46)(H,42,47)(H,43,48)(H,44,50)(H,52,53)/t27-,33?,34+/m0/s1.